The molecule has 0 saturated carbocycles. The number of nitrogens with zero attached hydrogens (tertiary/aromatic N) is 1. The summed E-state index contributed by atoms with van der Waals surface area (Å²) in [6.07, 6.45) is 7.10. The topological polar surface area (TPSA) is 29.3 Å². The van der Waals surface area contributed by atoms with E-state index >= 15 is 0 Å². The van der Waals surface area contributed by atoms with Crippen LogP contribution in [0, 0.1) is 0 Å². The largest absolute Gasteiger partial charge is 0.392 e. The third-order valence-electron chi connectivity index (χ3n) is 2.15. The summed E-state index contributed by atoms with van der Waals surface area (Å²) in [5.41, 5.74) is 5.89. The van der Waals surface area contributed by atoms with E-state index in [0.717, 1.165) is 11.4 Å². The highest BCUT2D eigenvalue weighted by molar-refractivity contribution is 8.00. The Morgan fingerprint density at radius 2 is 2.25 bits per heavy atom. The van der Waals surface area contributed by atoms with Gasteiger partial charge in [0.2, 0.25) is 0 Å². The van der Waals surface area contributed by atoms with E-state index in [0.29, 0.717) is 0 Å². The summed E-state index contributed by atoms with van der Waals surface area (Å²) in [5, 5.41) is 0.860. The highest BCUT2D eigenvalue weighted by Crippen LogP contribution is 2.31. The van der Waals surface area contributed by atoms with Crippen LogP contribution >= 0.6 is 11.9 Å². The molecule has 0 aromatic rings. The monoisotopic (exact) mass is 184 g/mol. The molecule has 3 heteroatoms. The molecular formula is C9H16N2S. The predicted octanol–water partition coefficient (Wildman–Crippen LogP) is 2.45. The fraction of sp³-hybridized carbons (Fsp3) is 0.556. The van der Waals surface area contributed by atoms with Crippen LogP contribution in [0.1, 0.15) is 27.2 Å². The van der Waals surface area contributed by atoms with Gasteiger partial charge in [-0.2, -0.15) is 0 Å². The van der Waals surface area contributed by atoms with Crippen molar-refractivity contribution in [1.82, 2.24) is 4.31 Å². The predicted molar refractivity (Wildman–Crippen MR) is 55.2 cm³/mol. The molecule has 2 nitrogen and oxygen atoms in total. The number of hydrogen-bond acceptors (Lipinski definition) is 3. The van der Waals surface area contributed by atoms with Gasteiger partial charge in [0, 0.05) is 23.7 Å². The van der Waals surface area contributed by atoms with E-state index in [9.17, 15) is 0 Å². The molecule has 68 valence electrons. The van der Waals surface area contributed by atoms with Gasteiger partial charge in [-0.1, -0.05) is 6.92 Å². The Bertz CT molecular complexity index is 219. The third kappa shape index (κ3) is 1.97. The molecule has 0 fully saturated rings. The van der Waals surface area contributed by atoms with E-state index in [1.807, 2.05) is 12.2 Å². The van der Waals surface area contributed by atoms with Gasteiger partial charge in [-0.25, -0.2) is 0 Å². The van der Waals surface area contributed by atoms with Crippen molar-refractivity contribution in [2.75, 3.05) is 0 Å². The second-order valence-electron chi connectivity index (χ2n) is 3.49. The zero-order chi connectivity index (χ0) is 9.19. The Kier molecular flexibility index (Phi) is 2.73. The van der Waals surface area contributed by atoms with Crippen LogP contribution in [0.15, 0.2) is 23.4 Å². The standard InChI is InChI=1S/C9H16N2S/c1-4-9(2,3)11-7-5-6-8(10)12-11/h5-7H,4,10H2,1-3H3. The maximum absolute atomic E-state index is 5.71. The molecule has 0 saturated heterocycles. The molecule has 0 aliphatic carbocycles. The maximum Gasteiger partial charge on any atom is 0.0868 e. The van der Waals surface area contributed by atoms with Crippen LogP contribution in [0.25, 0.3) is 0 Å². The third-order valence-corrected chi connectivity index (χ3v) is 3.31. The average Bonchev–Trinajstić information content (AvgIpc) is 2.05. The molecular weight excluding hydrogens is 168 g/mol. The Morgan fingerprint density at radius 1 is 1.58 bits per heavy atom. The second kappa shape index (κ2) is 3.44. The summed E-state index contributed by atoms with van der Waals surface area (Å²) in [4.78, 5) is 0. The van der Waals surface area contributed by atoms with Crippen LogP contribution in [0.5, 0.6) is 0 Å². The fourth-order valence-electron chi connectivity index (χ4n) is 0.872. The second-order valence-corrected chi connectivity index (χ2v) is 4.54. The molecule has 0 unspecified atom stereocenters. The number of nitrogens with two attached hydrogens (primary N) is 1. The van der Waals surface area contributed by atoms with Crippen LogP contribution in [-0.4, -0.2) is 9.84 Å². The lowest BCUT2D eigenvalue weighted by Gasteiger charge is -2.36. The van der Waals surface area contributed by atoms with Gasteiger partial charge < -0.3 is 10.0 Å². The van der Waals surface area contributed by atoms with Crippen molar-refractivity contribution < 1.29 is 0 Å². The molecule has 0 radical (unpaired) electrons. The molecule has 0 spiro atoms. The van der Waals surface area contributed by atoms with Crippen LogP contribution < -0.4 is 5.73 Å². The summed E-state index contributed by atoms with van der Waals surface area (Å²) in [6, 6.07) is 0. The first kappa shape index (κ1) is 9.52. The van der Waals surface area contributed by atoms with Crippen molar-refractivity contribution in [3.8, 4) is 0 Å². The van der Waals surface area contributed by atoms with Crippen LogP contribution in [0.4, 0.5) is 0 Å². The summed E-state index contributed by atoms with van der Waals surface area (Å²) >= 11 is 1.60. The first-order chi connectivity index (χ1) is 5.56. The minimum atomic E-state index is 0.181. The van der Waals surface area contributed by atoms with Gasteiger partial charge in [-0.15, -0.1) is 0 Å². The van der Waals surface area contributed by atoms with Crippen molar-refractivity contribution in [2.24, 2.45) is 5.73 Å². The van der Waals surface area contributed by atoms with Crippen molar-refractivity contribution in [2.45, 2.75) is 32.7 Å². The number of allylic oxidation sites excluding steroid dienone is 2. The molecule has 0 amide bonds. The number of hydrogen-bond donors (Lipinski definition) is 1. The molecule has 1 aliphatic heterocycles. The zero-order valence-electron chi connectivity index (χ0n) is 7.87. The van der Waals surface area contributed by atoms with Gasteiger partial charge >= 0.3 is 0 Å². The van der Waals surface area contributed by atoms with E-state index in [4.69, 9.17) is 5.73 Å². The quantitative estimate of drug-likeness (QED) is 0.668. The van der Waals surface area contributed by atoms with Gasteiger partial charge in [0.25, 0.3) is 0 Å². The van der Waals surface area contributed by atoms with Crippen LogP contribution in [0.2, 0.25) is 0 Å². The molecule has 1 aliphatic rings. The lowest BCUT2D eigenvalue weighted by molar-refractivity contribution is 0.305. The molecule has 0 atom stereocenters. The summed E-state index contributed by atoms with van der Waals surface area (Å²) < 4.78 is 2.20. The first-order valence-corrected chi connectivity index (χ1v) is 4.95. The summed E-state index contributed by atoms with van der Waals surface area (Å²) in [6.45, 7) is 6.61. The van der Waals surface area contributed by atoms with E-state index < -0.39 is 0 Å². The van der Waals surface area contributed by atoms with Crippen molar-refractivity contribution in [3.63, 3.8) is 0 Å². The highest BCUT2D eigenvalue weighted by Gasteiger charge is 2.24. The Morgan fingerprint density at radius 3 is 2.75 bits per heavy atom. The molecule has 1 heterocycles. The molecule has 12 heavy (non-hydrogen) atoms. The Balaban J connectivity index is 2.68. The van der Waals surface area contributed by atoms with E-state index in [1.54, 1.807) is 11.9 Å². The summed E-state index contributed by atoms with van der Waals surface area (Å²) in [5.74, 6) is 0. The van der Waals surface area contributed by atoms with Gasteiger partial charge in [0.1, 0.15) is 0 Å². The van der Waals surface area contributed by atoms with Crippen LogP contribution in [0.3, 0.4) is 0 Å². The average molecular weight is 184 g/mol. The van der Waals surface area contributed by atoms with Crippen LogP contribution in [-0.2, 0) is 0 Å². The SMILES string of the molecule is CCC(C)(C)N1C=CC=C(N)S1. The van der Waals surface area contributed by atoms with E-state index in [1.165, 1.54) is 0 Å². The van der Waals surface area contributed by atoms with Gasteiger partial charge in [0.15, 0.2) is 0 Å². The molecule has 0 aromatic heterocycles. The van der Waals surface area contributed by atoms with Gasteiger partial charge in [-0.05, 0) is 32.4 Å². The van der Waals surface area contributed by atoms with Gasteiger partial charge in [0.05, 0.1) is 5.03 Å². The highest BCUT2D eigenvalue weighted by atomic mass is 32.2. The van der Waals surface area contributed by atoms with Crippen molar-refractivity contribution in [3.05, 3.63) is 23.4 Å². The number of rotatable bonds is 2. The minimum Gasteiger partial charge on any atom is -0.392 e. The molecule has 0 aromatic carbocycles. The van der Waals surface area contributed by atoms with E-state index in [-0.39, 0.29) is 5.54 Å². The smallest absolute Gasteiger partial charge is 0.0868 e. The van der Waals surface area contributed by atoms with Crippen molar-refractivity contribution >= 4 is 11.9 Å². The Hall–Kier alpha value is -0.570. The molecule has 1 rings (SSSR count). The van der Waals surface area contributed by atoms with Gasteiger partial charge in [-0.3, -0.25) is 0 Å². The lowest BCUT2D eigenvalue weighted by Crippen LogP contribution is -2.35. The first-order valence-electron chi connectivity index (χ1n) is 4.17. The Labute approximate surface area is 78.6 Å². The lowest BCUT2D eigenvalue weighted by atomic mass is 10.0. The zero-order valence-corrected chi connectivity index (χ0v) is 8.69. The fourth-order valence-corrected chi connectivity index (χ4v) is 1.75. The molecule has 2 N–H and O–H groups in total. The maximum atomic E-state index is 5.71. The minimum absolute atomic E-state index is 0.181. The summed E-state index contributed by atoms with van der Waals surface area (Å²) in [7, 11) is 0. The molecule has 0 bridgehead atoms. The normalized spacial score (nSPS) is 17.9. The van der Waals surface area contributed by atoms with Crippen molar-refractivity contribution in [1.29, 1.82) is 0 Å². The van der Waals surface area contributed by atoms with E-state index in [2.05, 4.69) is 31.3 Å².